The zero-order valence-corrected chi connectivity index (χ0v) is 21.1. The first-order valence-corrected chi connectivity index (χ1v) is 11.9. The average Bonchev–Trinajstić information content (AvgIpc) is 2.84. The Labute approximate surface area is 207 Å². The molecule has 1 aliphatic rings. The third-order valence-corrected chi connectivity index (χ3v) is 6.01. The standard InChI is InChI=1S/C27H34N4O4/c1-18(2)6-7-22-12-23-26(29-14-22)35-24(19(3)15-31(27(23)34)20(4)17-32)16-30(5)25(33)13-21-8-10-28-11-9-21/h8-12,14,18-20,24,32H,13,15-17H2,1-5H3/t19-,20+,24+/m1/s1. The minimum Gasteiger partial charge on any atom is -0.472 e. The largest absolute Gasteiger partial charge is 0.472 e. The molecule has 2 aromatic rings. The Morgan fingerprint density at radius 3 is 2.69 bits per heavy atom. The number of ether oxygens (including phenoxy) is 1. The van der Waals surface area contributed by atoms with Crippen molar-refractivity contribution in [3.05, 3.63) is 53.5 Å². The fourth-order valence-electron chi connectivity index (χ4n) is 3.80. The number of hydrogen-bond acceptors (Lipinski definition) is 6. The summed E-state index contributed by atoms with van der Waals surface area (Å²) in [5.41, 5.74) is 1.82. The molecule has 186 valence electrons. The zero-order valence-electron chi connectivity index (χ0n) is 21.1. The fraction of sp³-hybridized carbons (Fsp3) is 0.481. The van der Waals surface area contributed by atoms with Crippen molar-refractivity contribution >= 4 is 11.8 Å². The highest BCUT2D eigenvalue weighted by atomic mass is 16.5. The van der Waals surface area contributed by atoms with Gasteiger partial charge in [0.2, 0.25) is 11.8 Å². The van der Waals surface area contributed by atoms with Crippen LogP contribution < -0.4 is 4.74 Å². The fourth-order valence-corrected chi connectivity index (χ4v) is 3.80. The molecule has 8 heteroatoms. The lowest BCUT2D eigenvalue weighted by molar-refractivity contribution is -0.130. The van der Waals surface area contributed by atoms with Crippen LogP contribution in [0.15, 0.2) is 36.8 Å². The number of carbonyl (C=O) groups is 2. The van der Waals surface area contributed by atoms with Gasteiger partial charge in [-0.3, -0.25) is 14.6 Å². The average molecular weight is 479 g/mol. The number of aliphatic hydroxyl groups is 1. The van der Waals surface area contributed by atoms with E-state index in [1.807, 2.05) is 39.8 Å². The molecule has 1 aliphatic heterocycles. The van der Waals surface area contributed by atoms with Gasteiger partial charge in [0, 0.05) is 49.6 Å². The summed E-state index contributed by atoms with van der Waals surface area (Å²) in [6, 6.07) is 4.96. The van der Waals surface area contributed by atoms with Crippen LogP contribution >= 0.6 is 0 Å². The summed E-state index contributed by atoms with van der Waals surface area (Å²) in [5, 5.41) is 9.80. The highest BCUT2D eigenvalue weighted by Gasteiger charge is 2.34. The number of likely N-dealkylation sites (N-methyl/N-ethyl adjacent to an activating group) is 1. The van der Waals surface area contributed by atoms with Crippen LogP contribution in [-0.4, -0.2) is 75.6 Å². The molecule has 0 aliphatic carbocycles. The molecule has 3 heterocycles. The van der Waals surface area contributed by atoms with Crippen LogP contribution in [0.25, 0.3) is 0 Å². The lowest BCUT2D eigenvalue weighted by Gasteiger charge is -2.37. The summed E-state index contributed by atoms with van der Waals surface area (Å²) in [5.74, 6) is 6.13. The Balaban J connectivity index is 1.89. The van der Waals surface area contributed by atoms with E-state index < -0.39 is 6.10 Å². The van der Waals surface area contributed by atoms with Gasteiger partial charge >= 0.3 is 0 Å². The Morgan fingerprint density at radius 1 is 1.31 bits per heavy atom. The third-order valence-electron chi connectivity index (χ3n) is 6.01. The van der Waals surface area contributed by atoms with Crippen molar-refractivity contribution in [2.45, 2.75) is 46.3 Å². The molecule has 1 N–H and O–H groups in total. The molecule has 0 aromatic carbocycles. The van der Waals surface area contributed by atoms with E-state index in [0.29, 0.717) is 24.2 Å². The molecule has 8 nitrogen and oxygen atoms in total. The maximum atomic E-state index is 13.4. The van der Waals surface area contributed by atoms with Crippen LogP contribution in [0.2, 0.25) is 0 Å². The summed E-state index contributed by atoms with van der Waals surface area (Å²) in [7, 11) is 1.75. The molecule has 2 amide bonds. The number of aromatic nitrogens is 2. The van der Waals surface area contributed by atoms with E-state index in [0.717, 1.165) is 5.56 Å². The van der Waals surface area contributed by atoms with Crippen LogP contribution in [-0.2, 0) is 11.2 Å². The third kappa shape index (κ3) is 6.80. The first-order chi connectivity index (χ1) is 16.7. The second kappa shape index (κ2) is 11.8. The van der Waals surface area contributed by atoms with Gasteiger partial charge in [-0.2, -0.15) is 0 Å². The van der Waals surface area contributed by atoms with Crippen molar-refractivity contribution in [3.63, 3.8) is 0 Å². The highest BCUT2D eigenvalue weighted by molar-refractivity contribution is 5.97. The van der Waals surface area contributed by atoms with E-state index >= 15 is 0 Å². The SMILES string of the molecule is CC(C)C#Cc1cnc2c(c1)C(=O)N([C@@H](C)CO)C[C@@H](C)[C@H](CN(C)C(=O)Cc1ccncc1)O2. The minimum absolute atomic E-state index is 0.0433. The molecule has 0 radical (unpaired) electrons. The number of fused-ring (bicyclic) bond motifs is 1. The van der Waals surface area contributed by atoms with Crippen molar-refractivity contribution in [2.75, 3.05) is 26.7 Å². The number of amides is 2. The van der Waals surface area contributed by atoms with Gasteiger partial charge < -0.3 is 19.6 Å². The zero-order chi connectivity index (χ0) is 25.5. The smallest absolute Gasteiger partial charge is 0.259 e. The van der Waals surface area contributed by atoms with Gasteiger partial charge in [0.1, 0.15) is 11.7 Å². The van der Waals surface area contributed by atoms with Gasteiger partial charge in [0.25, 0.3) is 5.91 Å². The first-order valence-electron chi connectivity index (χ1n) is 11.9. The van der Waals surface area contributed by atoms with E-state index in [1.54, 1.807) is 41.5 Å². The van der Waals surface area contributed by atoms with Gasteiger partial charge in [-0.25, -0.2) is 4.98 Å². The minimum atomic E-state index is -0.401. The molecular weight excluding hydrogens is 444 g/mol. The molecule has 3 atom stereocenters. The van der Waals surface area contributed by atoms with E-state index in [4.69, 9.17) is 4.74 Å². The molecule has 0 fully saturated rings. The summed E-state index contributed by atoms with van der Waals surface area (Å²) < 4.78 is 6.26. The number of pyridine rings is 2. The molecule has 0 spiro atoms. The first kappa shape index (κ1) is 26.2. The molecule has 0 bridgehead atoms. The Hall–Kier alpha value is -3.44. The van der Waals surface area contributed by atoms with E-state index in [1.165, 1.54) is 0 Å². The Bertz CT molecular complexity index is 1090. The number of hydrogen-bond donors (Lipinski definition) is 1. The second-order valence-corrected chi connectivity index (χ2v) is 9.43. The van der Waals surface area contributed by atoms with Gasteiger partial charge in [-0.15, -0.1) is 0 Å². The molecule has 35 heavy (non-hydrogen) atoms. The lowest BCUT2D eigenvalue weighted by atomic mass is 9.99. The number of carbonyl (C=O) groups excluding carboxylic acids is 2. The predicted molar refractivity (Wildman–Crippen MR) is 133 cm³/mol. The molecule has 0 saturated carbocycles. The quantitative estimate of drug-likeness (QED) is 0.641. The number of rotatable bonds is 6. The Kier molecular flexibility index (Phi) is 8.83. The number of nitrogens with zero attached hydrogens (tertiary/aromatic N) is 4. The van der Waals surface area contributed by atoms with Gasteiger partial charge in [-0.05, 0) is 30.7 Å². The van der Waals surface area contributed by atoms with Crippen LogP contribution in [0.4, 0.5) is 0 Å². The van der Waals surface area contributed by atoms with Crippen LogP contribution in [0.3, 0.4) is 0 Å². The monoisotopic (exact) mass is 478 g/mol. The summed E-state index contributed by atoms with van der Waals surface area (Å²) >= 11 is 0. The molecule has 2 aromatic heterocycles. The van der Waals surface area contributed by atoms with Crippen LogP contribution in [0.1, 0.15) is 49.2 Å². The predicted octanol–water partition coefficient (Wildman–Crippen LogP) is 2.41. The molecule has 0 unspecified atom stereocenters. The molecule has 0 saturated heterocycles. The van der Waals surface area contributed by atoms with Crippen LogP contribution in [0.5, 0.6) is 5.88 Å². The van der Waals surface area contributed by atoms with E-state index in [-0.39, 0.29) is 48.6 Å². The van der Waals surface area contributed by atoms with E-state index in [9.17, 15) is 14.7 Å². The summed E-state index contributed by atoms with van der Waals surface area (Å²) in [6.45, 7) is 8.31. The molecule has 3 rings (SSSR count). The summed E-state index contributed by atoms with van der Waals surface area (Å²) in [4.78, 5) is 38.0. The lowest BCUT2D eigenvalue weighted by Crippen LogP contribution is -2.50. The van der Waals surface area contributed by atoms with Gasteiger partial charge in [0.05, 0.1) is 25.6 Å². The van der Waals surface area contributed by atoms with Gasteiger partial charge in [0.15, 0.2) is 0 Å². The second-order valence-electron chi connectivity index (χ2n) is 9.43. The van der Waals surface area contributed by atoms with Crippen molar-refractivity contribution in [2.24, 2.45) is 11.8 Å². The maximum absolute atomic E-state index is 13.4. The van der Waals surface area contributed by atoms with Crippen molar-refractivity contribution < 1.29 is 19.4 Å². The molecular formula is C27H34N4O4. The topological polar surface area (TPSA) is 95.9 Å². The van der Waals surface area contributed by atoms with Crippen molar-refractivity contribution in [1.29, 1.82) is 0 Å². The number of aliphatic hydroxyl groups excluding tert-OH is 1. The Morgan fingerprint density at radius 2 is 2.03 bits per heavy atom. The maximum Gasteiger partial charge on any atom is 0.259 e. The van der Waals surface area contributed by atoms with Crippen LogP contribution in [0, 0.1) is 23.7 Å². The summed E-state index contributed by atoms with van der Waals surface area (Å²) in [6.07, 6.45) is 4.79. The normalized spacial score (nSPS) is 18.5. The van der Waals surface area contributed by atoms with E-state index in [2.05, 4.69) is 21.8 Å². The van der Waals surface area contributed by atoms with Gasteiger partial charge in [-0.1, -0.05) is 32.6 Å². The van der Waals surface area contributed by atoms with Crippen molar-refractivity contribution in [1.82, 2.24) is 19.8 Å². The highest BCUT2D eigenvalue weighted by Crippen LogP contribution is 2.27. The van der Waals surface area contributed by atoms with Crippen molar-refractivity contribution in [3.8, 4) is 17.7 Å².